The van der Waals surface area contributed by atoms with Crippen LogP contribution in [0, 0.1) is 13.8 Å². The van der Waals surface area contributed by atoms with Crippen LogP contribution in [0.2, 0.25) is 0 Å². The molecular formula is C15H23NO4. The molecule has 1 aromatic heterocycles. The van der Waals surface area contributed by atoms with E-state index in [4.69, 9.17) is 9.47 Å². The maximum absolute atomic E-state index is 12.2. The van der Waals surface area contributed by atoms with Crippen molar-refractivity contribution < 1.29 is 14.3 Å². The van der Waals surface area contributed by atoms with E-state index in [1.54, 1.807) is 25.3 Å². The number of rotatable bonds is 6. The summed E-state index contributed by atoms with van der Waals surface area (Å²) in [7, 11) is 0. The van der Waals surface area contributed by atoms with Crippen molar-refractivity contribution in [3.63, 3.8) is 0 Å². The van der Waals surface area contributed by atoms with E-state index in [2.05, 4.69) is 0 Å². The zero-order chi connectivity index (χ0) is 15.3. The van der Waals surface area contributed by atoms with Gasteiger partial charge < -0.3 is 14.0 Å². The number of hydrogen-bond donors (Lipinski definition) is 0. The lowest BCUT2D eigenvalue weighted by Crippen LogP contribution is -2.30. The van der Waals surface area contributed by atoms with Crippen LogP contribution < -0.4 is 5.56 Å². The highest BCUT2D eigenvalue weighted by Crippen LogP contribution is 2.16. The van der Waals surface area contributed by atoms with Crippen LogP contribution in [0.3, 0.4) is 0 Å². The first-order valence-electron chi connectivity index (χ1n) is 6.91. The van der Waals surface area contributed by atoms with Crippen LogP contribution in [-0.2, 0) is 9.47 Å². The van der Waals surface area contributed by atoms with Gasteiger partial charge in [0.15, 0.2) is 0 Å². The third-order valence-electron chi connectivity index (χ3n) is 3.18. The zero-order valence-electron chi connectivity index (χ0n) is 12.9. The molecule has 0 aliphatic carbocycles. The van der Waals surface area contributed by atoms with Gasteiger partial charge in [-0.2, -0.15) is 0 Å². The Balaban J connectivity index is 3.29. The molecule has 1 aromatic rings. The number of pyridine rings is 1. The van der Waals surface area contributed by atoms with Crippen molar-refractivity contribution in [3.05, 3.63) is 33.2 Å². The van der Waals surface area contributed by atoms with Crippen molar-refractivity contribution >= 4 is 5.97 Å². The molecule has 1 atom stereocenters. The van der Waals surface area contributed by atoms with Gasteiger partial charge in [0.25, 0.3) is 5.56 Å². The molecule has 0 aliphatic rings. The molecule has 20 heavy (non-hydrogen) atoms. The topological polar surface area (TPSA) is 57.5 Å². The van der Waals surface area contributed by atoms with Gasteiger partial charge in [-0.3, -0.25) is 4.79 Å². The predicted octanol–water partition coefficient (Wildman–Crippen LogP) is 2.24. The highest BCUT2D eigenvalue weighted by Gasteiger charge is 2.20. The summed E-state index contributed by atoms with van der Waals surface area (Å²) in [6, 6.07) is 1.35. The summed E-state index contributed by atoms with van der Waals surface area (Å²) in [6.07, 6.45) is 0. The molecule has 0 bridgehead atoms. The molecule has 1 unspecified atom stereocenters. The summed E-state index contributed by atoms with van der Waals surface area (Å²) in [5, 5.41) is 0. The number of esters is 1. The largest absolute Gasteiger partial charge is 0.462 e. The quantitative estimate of drug-likeness (QED) is 0.750. The van der Waals surface area contributed by atoms with Crippen LogP contribution in [0.15, 0.2) is 10.9 Å². The number of aromatic nitrogens is 1. The number of ether oxygens (including phenoxy) is 2. The fourth-order valence-electron chi connectivity index (χ4n) is 2.32. The first kappa shape index (κ1) is 16.4. The first-order chi connectivity index (χ1) is 9.43. The van der Waals surface area contributed by atoms with Crippen LogP contribution >= 0.6 is 0 Å². The van der Waals surface area contributed by atoms with Crippen molar-refractivity contribution in [1.82, 2.24) is 4.57 Å². The van der Waals surface area contributed by atoms with Crippen LogP contribution in [0.1, 0.15) is 48.4 Å². The van der Waals surface area contributed by atoms with E-state index in [0.717, 1.165) is 0 Å². The molecule has 0 saturated carbocycles. The Morgan fingerprint density at radius 2 is 1.95 bits per heavy atom. The molecule has 5 nitrogen and oxygen atoms in total. The number of carbonyl (C=O) groups excluding carboxylic acids is 1. The molecule has 112 valence electrons. The van der Waals surface area contributed by atoms with Crippen LogP contribution in [0.25, 0.3) is 0 Å². The minimum absolute atomic E-state index is 0.125. The second-order valence-electron chi connectivity index (χ2n) is 4.72. The summed E-state index contributed by atoms with van der Waals surface area (Å²) in [5.74, 6) is -0.389. The molecular weight excluding hydrogens is 258 g/mol. The predicted molar refractivity (Wildman–Crippen MR) is 77.3 cm³/mol. The van der Waals surface area contributed by atoms with Gasteiger partial charge in [-0.05, 0) is 40.2 Å². The third-order valence-corrected chi connectivity index (χ3v) is 3.18. The normalized spacial score (nSPS) is 12.2. The van der Waals surface area contributed by atoms with Crippen molar-refractivity contribution in [2.75, 3.05) is 19.8 Å². The van der Waals surface area contributed by atoms with Crippen molar-refractivity contribution in [3.8, 4) is 0 Å². The Hall–Kier alpha value is -1.62. The SMILES string of the molecule is CCOCC(C)n1c(C)c(C(=O)OCC)c(C)cc1=O. The molecule has 1 heterocycles. The molecule has 0 aromatic carbocycles. The lowest BCUT2D eigenvalue weighted by Gasteiger charge is -2.20. The van der Waals surface area contributed by atoms with Gasteiger partial charge in [0.1, 0.15) is 0 Å². The molecule has 0 aliphatic heterocycles. The van der Waals surface area contributed by atoms with Gasteiger partial charge in [-0.15, -0.1) is 0 Å². The second-order valence-corrected chi connectivity index (χ2v) is 4.72. The molecule has 1 rings (SSSR count). The van der Waals surface area contributed by atoms with Crippen molar-refractivity contribution in [2.45, 2.75) is 40.7 Å². The Kier molecular flexibility index (Phi) is 5.95. The zero-order valence-corrected chi connectivity index (χ0v) is 12.9. The van der Waals surface area contributed by atoms with Crippen LogP contribution in [0.4, 0.5) is 0 Å². The third kappa shape index (κ3) is 3.48. The van der Waals surface area contributed by atoms with E-state index >= 15 is 0 Å². The Labute approximate surface area is 119 Å². The minimum atomic E-state index is -0.389. The first-order valence-corrected chi connectivity index (χ1v) is 6.91. The summed E-state index contributed by atoms with van der Waals surface area (Å²) in [6.45, 7) is 10.4. The average Bonchev–Trinajstić information content (AvgIpc) is 2.35. The molecule has 0 spiro atoms. The van der Waals surface area contributed by atoms with Crippen LogP contribution in [0.5, 0.6) is 0 Å². The second kappa shape index (κ2) is 7.24. The molecule has 5 heteroatoms. The van der Waals surface area contributed by atoms with E-state index in [0.29, 0.717) is 36.6 Å². The fraction of sp³-hybridized carbons (Fsp3) is 0.600. The minimum Gasteiger partial charge on any atom is -0.462 e. The summed E-state index contributed by atoms with van der Waals surface area (Å²) >= 11 is 0. The summed E-state index contributed by atoms with van der Waals surface area (Å²) in [4.78, 5) is 24.2. The lowest BCUT2D eigenvalue weighted by atomic mass is 10.1. The molecule has 0 N–H and O–H groups in total. The van der Waals surface area contributed by atoms with Crippen molar-refractivity contribution in [2.24, 2.45) is 0 Å². The Morgan fingerprint density at radius 1 is 1.30 bits per heavy atom. The highest BCUT2D eigenvalue weighted by molar-refractivity contribution is 5.92. The van der Waals surface area contributed by atoms with E-state index in [-0.39, 0.29) is 17.6 Å². The summed E-state index contributed by atoms with van der Waals surface area (Å²) in [5.41, 5.74) is 1.61. The molecule has 0 amide bonds. The van der Waals surface area contributed by atoms with Gasteiger partial charge >= 0.3 is 5.97 Å². The standard InChI is InChI=1S/C15H23NO4/c1-6-19-9-11(4)16-12(5)14(15(18)20-7-2)10(3)8-13(16)17/h8,11H,6-7,9H2,1-5H3. The average molecular weight is 281 g/mol. The Bertz CT molecular complexity index is 533. The van der Waals surface area contributed by atoms with Gasteiger partial charge in [0.2, 0.25) is 0 Å². The molecule has 0 fully saturated rings. The number of aryl methyl sites for hydroxylation is 1. The van der Waals surface area contributed by atoms with Crippen molar-refractivity contribution in [1.29, 1.82) is 0 Å². The van der Waals surface area contributed by atoms with Gasteiger partial charge in [0, 0.05) is 18.4 Å². The van der Waals surface area contributed by atoms with Crippen LogP contribution in [-0.4, -0.2) is 30.4 Å². The van der Waals surface area contributed by atoms with Gasteiger partial charge in [0.05, 0.1) is 24.8 Å². The smallest absolute Gasteiger partial charge is 0.340 e. The number of hydrogen-bond acceptors (Lipinski definition) is 4. The maximum Gasteiger partial charge on any atom is 0.340 e. The van der Waals surface area contributed by atoms with Gasteiger partial charge in [-0.1, -0.05) is 0 Å². The van der Waals surface area contributed by atoms with E-state index < -0.39 is 0 Å². The number of nitrogens with zero attached hydrogens (tertiary/aromatic N) is 1. The Morgan fingerprint density at radius 3 is 2.50 bits per heavy atom. The molecule has 0 radical (unpaired) electrons. The molecule has 0 saturated heterocycles. The lowest BCUT2D eigenvalue weighted by molar-refractivity contribution is 0.0522. The van der Waals surface area contributed by atoms with E-state index in [1.165, 1.54) is 6.07 Å². The monoisotopic (exact) mass is 281 g/mol. The highest BCUT2D eigenvalue weighted by atomic mass is 16.5. The maximum atomic E-state index is 12.2. The van der Waals surface area contributed by atoms with Gasteiger partial charge in [-0.25, -0.2) is 4.79 Å². The van der Waals surface area contributed by atoms with E-state index in [1.807, 2.05) is 13.8 Å². The fourth-order valence-corrected chi connectivity index (χ4v) is 2.32. The van der Waals surface area contributed by atoms with E-state index in [9.17, 15) is 9.59 Å². The summed E-state index contributed by atoms with van der Waals surface area (Å²) < 4.78 is 12.0. The number of carbonyl (C=O) groups is 1.